The van der Waals surface area contributed by atoms with Crippen LogP contribution in [0.15, 0.2) is 18.2 Å². The fourth-order valence-corrected chi connectivity index (χ4v) is 4.00. The van der Waals surface area contributed by atoms with Gasteiger partial charge in [-0.2, -0.15) is 13.2 Å². The lowest BCUT2D eigenvalue weighted by atomic mass is 9.96. The molecule has 0 unspecified atom stereocenters. The number of nitrogens with one attached hydrogen (secondary N) is 1. The second kappa shape index (κ2) is 9.57. The lowest BCUT2D eigenvalue weighted by Gasteiger charge is -2.32. The molecule has 6 nitrogen and oxygen atoms in total. The van der Waals surface area contributed by atoms with Crippen LogP contribution in [-0.2, 0) is 15.7 Å². The van der Waals surface area contributed by atoms with E-state index in [9.17, 15) is 22.8 Å². The molecule has 0 saturated carbocycles. The van der Waals surface area contributed by atoms with Crippen LogP contribution in [0.2, 0.25) is 0 Å². The van der Waals surface area contributed by atoms with E-state index in [1.165, 1.54) is 6.07 Å². The van der Waals surface area contributed by atoms with Gasteiger partial charge in [0.2, 0.25) is 5.91 Å². The number of piperidine rings is 2. The first-order valence-electron chi connectivity index (χ1n) is 10.5. The van der Waals surface area contributed by atoms with Crippen LogP contribution in [0, 0.1) is 5.92 Å². The van der Waals surface area contributed by atoms with Crippen LogP contribution in [0.25, 0.3) is 0 Å². The standard InChI is InChI=1S/C21H28F3N3O3/c1-2-30-20(29)27-12-8-15(9-13-27)19(28)25-17-14-16(21(22,23)24)6-7-18(17)26-10-4-3-5-11-26/h6-7,14-15H,2-5,8-13H2,1H3,(H,25,28). The summed E-state index contributed by atoms with van der Waals surface area (Å²) in [5.74, 6) is -0.671. The van der Waals surface area contributed by atoms with Crippen molar-refractivity contribution in [1.29, 1.82) is 0 Å². The topological polar surface area (TPSA) is 61.9 Å². The molecule has 166 valence electrons. The van der Waals surface area contributed by atoms with Crippen LogP contribution in [0.5, 0.6) is 0 Å². The Morgan fingerprint density at radius 1 is 1.10 bits per heavy atom. The van der Waals surface area contributed by atoms with Gasteiger partial charge in [-0.1, -0.05) is 0 Å². The third kappa shape index (κ3) is 5.37. The van der Waals surface area contributed by atoms with Crippen molar-refractivity contribution < 1.29 is 27.5 Å². The maximum absolute atomic E-state index is 13.2. The quantitative estimate of drug-likeness (QED) is 0.769. The summed E-state index contributed by atoms with van der Waals surface area (Å²) in [5, 5.41) is 2.74. The molecule has 0 aliphatic carbocycles. The van der Waals surface area contributed by atoms with E-state index in [1.54, 1.807) is 11.8 Å². The maximum Gasteiger partial charge on any atom is 0.416 e. The second-order valence-corrected chi connectivity index (χ2v) is 7.73. The van der Waals surface area contributed by atoms with Crippen molar-refractivity contribution >= 4 is 23.4 Å². The molecule has 1 aromatic rings. The maximum atomic E-state index is 13.2. The summed E-state index contributed by atoms with van der Waals surface area (Å²) in [5.41, 5.74) is 0.0419. The largest absolute Gasteiger partial charge is 0.450 e. The first kappa shape index (κ1) is 22.2. The Kier molecular flexibility index (Phi) is 7.10. The van der Waals surface area contributed by atoms with E-state index in [-0.39, 0.29) is 24.1 Å². The van der Waals surface area contributed by atoms with Crippen LogP contribution in [0.1, 0.15) is 44.6 Å². The van der Waals surface area contributed by atoms with Crippen LogP contribution in [0.3, 0.4) is 0 Å². The van der Waals surface area contributed by atoms with Crippen molar-refractivity contribution in [2.24, 2.45) is 5.92 Å². The van der Waals surface area contributed by atoms with Crippen LogP contribution >= 0.6 is 0 Å². The number of hydrogen-bond donors (Lipinski definition) is 1. The fraction of sp³-hybridized carbons (Fsp3) is 0.619. The average molecular weight is 427 g/mol. The molecule has 2 fully saturated rings. The molecule has 2 heterocycles. The molecule has 2 amide bonds. The highest BCUT2D eigenvalue weighted by Crippen LogP contribution is 2.36. The minimum Gasteiger partial charge on any atom is -0.450 e. The minimum atomic E-state index is -4.48. The number of carbonyl (C=O) groups excluding carboxylic acids is 2. The van der Waals surface area contributed by atoms with Gasteiger partial charge in [-0.05, 0) is 57.2 Å². The summed E-state index contributed by atoms with van der Waals surface area (Å²) in [6, 6.07) is 3.54. The summed E-state index contributed by atoms with van der Waals surface area (Å²) in [6.45, 7) is 4.30. The van der Waals surface area contributed by atoms with E-state index in [0.717, 1.165) is 44.5 Å². The SMILES string of the molecule is CCOC(=O)N1CCC(C(=O)Nc2cc(C(F)(F)F)ccc2N2CCCCC2)CC1. The van der Waals surface area contributed by atoms with Crippen LogP contribution in [-0.4, -0.2) is 49.7 Å². The third-order valence-corrected chi connectivity index (χ3v) is 5.67. The van der Waals surface area contributed by atoms with E-state index in [0.29, 0.717) is 31.6 Å². The smallest absolute Gasteiger partial charge is 0.416 e. The number of ether oxygens (including phenoxy) is 1. The van der Waals surface area contributed by atoms with Crippen molar-refractivity contribution in [3.63, 3.8) is 0 Å². The van der Waals surface area contributed by atoms with E-state index in [4.69, 9.17) is 4.74 Å². The van der Waals surface area contributed by atoms with Crippen molar-refractivity contribution in [2.45, 2.75) is 45.2 Å². The Labute approximate surface area is 174 Å². The number of alkyl halides is 3. The van der Waals surface area contributed by atoms with Crippen molar-refractivity contribution in [2.75, 3.05) is 43.0 Å². The molecule has 0 atom stereocenters. The highest BCUT2D eigenvalue weighted by Gasteiger charge is 2.33. The molecule has 30 heavy (non-hydrogen) atoms. The molecule has 1 aromatic carbocycles. The number of amides is 2. The summed E-state index contributed by atoms with van der Waals surface area (Å²) in [6.07, 6.45) is -0.947. The highest BCUT2D eigenvalue weighted by atomic mass is 19.4. The number of carbonyl (C=O) groups is 2. The molecule has 0 bridgehead atoms. The molecule has 9 heteroatoms. The van der Waals surface area contributed by atoms with E-state index in [1.807, 2.05) is 4.90 Å². The Morgan fingerprint density at radius 2 is 1.77 bits per heavy atom. The normalized spacial score (nSPS) is 18.3. The van der Waals surface area contributed by atoms with Gasteiger partial charge >= 0.3 is 12.3 Å². The number of likely N-dealkylation sites (tertiary alicyclic amines) is 1. The lowest BCUT2D eigenvalue weighted by molar-refractivity contribution is -0.137. The van der Waals surface area contributed by atoms with Gasteiger partial charge < -0.3 is 19.9 Å². The number of halogens is 3. The summed E-state index contributed by atoms with van der Waals surface area (Å²) >= 11 is 0. The number of anilines is 2. The number of benzene rings is 1. The first-order chi connectivity index (χ1) is 14.3. The Balaban J connectivity index is 1.72. The Hall–Kier alpha value is -2.45. The average Bonchev–Trinajstić information content (AvgIpc) is 2.74. The predicted molar refractivity (Wildman–Crippen MR) is 107 cm³/mol. The van der Waals surface area contributed by atoms with Gasteiger partial charge in [0.25, 0.3) is 0 Å². The zero-order chi connectivity index (χ0) is 21.7. The van der Waals surface area contributed by atoms with Gasteiger partial charge in [-0.15, -0.1) is 0 Å². The number of nitrogens with zero attached hydrogens (tertiary/aromatic N) is 2. The van der Waals surface area contributed by atoms with Crippen LogP contribution in [0.4, 0.5) is 29.3 Å². The monoisotopic (exact) mass is 427 g/mol. The highest BCUT2D eigenvalue weighted by molar-refractivity contribution is 5.96. The van der Waals surface area contributed by atoms with E-state index >= 15 is 0 Å². The lowest BCUT2D eigenvalue weighted by Crippen LogP contribution is -2.41. The second-order valence-electron chi connectivity index (χ2n) is 7.73. The molecule has 3 rings (SSSR count). The van der Waals surface area contributed by atoms with Crippen molar-refractivity contribution in [3.05, 3.63) is 23.8 Å². The van der Waals surface area contributed by atoms with E-state index in [2.05, 4.69) is 5.32 Å². The van der Waals surface area contributed by atoms with Gasteiger partial charge in [-0.3, -0.25) is 4.79 Å². The molecule has 0 spiro atoms. The Morgan fingerprint density at radius 3 is 2.37 bits per heavy atom. The Bertz CT molecular complexity index is 756. The minimum absolute atomic E-state index is 0.199. The summed E-state index contributed by atoms with van der Waals surface area (Å²) in [7, 11) is 0. The van der Waals surface area contributed by atoms with Gasteiger partial charge in [0.05, 0.1) is 23.5 Å². The van der Waals surface area contributed by atoms with Gasteiger partial charge in [0, 0.05) is 32.1 Å². The molecule has 2 aliphatic heterocycles. The summed E-state index contributed by atoms with van der Waals surface area (Å²) < 4.78 is 44.7. The third-order valence-electron chi connectivity index (χ3n) is 5.67. The first-order valence-corrected chi connectivity index (χ1v) is 10.5. The fourth-order valence-electron chi connectivity index (χ4n) is 4.00. The van der Waals surface area contributed by atoms with Crippen molar-refractivity contribution in [3.8, 4) is 0 Å². The number of hydrogen-bond acceptors (Lipinski definition) is 4. The molecule has 1 N–H and O–H groups in total. The van der Waals surface area contributed by atoms with Gasteiger partial charge in [0.15, 0.2) is 0 Å². The molecular formula is C21H28F3N3O3. The summed E-state index contributed by atoms with van der Waals surface area (Å²) in [4.78, 5) is 28.2. The molecule has 2 aliphatic rings. The van der Waals surface area contributed by atoms with Crippen molar-refractivity contribution in [1.82, 2.24) is 4.90 Å². The van der Waals surface area contributed by atoms with E-state index < -0.39 is 17.8 Å². The zero-order valence-corrected chi connectivity index (χ0v) is 17.1. The van der Waals surface area contributed by atoms with Gasteiger partial charge in [-0.25, -0.2) is 4.79 Å². The number of rotatable bonds is 4. The van der Waals surface area contributed by atoms with Gasteiger partial charge in [0.1, 0.15) is 0 Å². The molecule has 0 aromatic heterocycles. The molecular weight excluding hydrogens is 399 g/mol. The predicted octanol–water partition coefficient (Wildman–Crippen LogP) is 4.50. The zero-order valence-electron chi connectivity index (χ0n) is 17.1. The van der Waals surface area contributed by atoms with Crippen LogP contribution < -0.4 is 10.2 Å². The molecule has 2 saturated heterocycles. The molecule has 0 radical (unpaired) electrons.